The minimum absolute atomic E-state index is 0.0334. The summed E-state index contributed by atoms with van der Waals surface area (Å²) in [7, 11) is 3.06. The molecule has 9 heteroatoms. The number of aromatic nitrogens is 2. The summed E-state index contributed by atoms with van der Waals surface area (Å²) < 4.78 is 13.1. The van der Waals surface area contributed by atoms with E-state index < -0.39 is 17.2 Å². The van der Waals surface area contributed by atoms with Gasteiger partial charge in [0.25, 0.3) is 5.56 Å². The summed E-state index contributed by atoms with van der Waals surface area (Å²) in [5, 5.41) is 3.67. The topological polar surface area (TPSA) is 91.6 Å². The van der Waals surface area contributed by atoms with Crippen LogP contribution in [-0.4, -0.2) is 29.3 Å². The van der Waals surface area contributed by atoms with Crippen molar-refractivity contribution in [2.45, 2.75) is 19.6 Å². The first-order chi connectivity index (χ1) is 16.9. The van der Waals surface area contributed by atoms with E-state index in [1.54, 1.807) is 60.7 Å². The average Bonchev–Trinajstić information content (AvgIpc) is 2.87. The number of hydrogen-bond donors (Lipinski definition) is 1. The highest BCUT2D eigenvalue weighted by molar-refractivity contribution is 6.30. The molecule has 4 rings (SSSR count). The molecule has 180 valence electrons. The lowest BCUT2D eigenvalue weighted by molar-refractivity contribution is -0.121. The van der Waals surface area contributed by atoms with Crippen LogP contribution >= 0.6 is 11.6 Å². The third-order valence-corrected chi connectivity index (χ3v) is 5.86. The molecule has 0 saturated carbocycles. The molecule has 8 nitrogen and oxygen atoms in total. The average molecular weight is 494 g/mol. The zero-order chi connectivity index (χ0) is 24.9. The number of rotatable bonds is 8. The van der Waals surface area contributed by atoms with Crippen LogP contribution in [0.1, 0.15) is 11.1 Å². The number of amides is 1. The molecule has 1 aromatic heterocycles. The van der Waals surface area contributed by atoms with Crippen LogP contribution in [0.25, 0.3) is 10.9 Å². The van der Waals surface area contributed by atoms with Gasteiger partial charge in [0, 0.05) is 17.1 Å². The number of carbonyl (C=O) groups excluding carboxylic acids is 1. The first-order valence-corrected chi connectivity index (χ1v) is 11.2. The minimum Gasteiger partial charge on any atom is -0.493 e. The van der Waals surface area contributed by atoms with Crippen molar-refractivity contribution in [1.29, 1.82) is 0 Å². The largest absolute Gasteiger partial charge is 0.493 e. The second-order valence-corrected chi connectivity index (χ2v) is 8.27. The highest BCUT2D eigenvalue weighted by Gasteiger charge is 2.16. The fourth-order valence-electron chi connectivity index (χ4n) is 3.97. The number of ether oxygens (including phenoxy) is 2. The highest BCUT2D eigenvalue weighted by Crippen LogP contribution is 2.30. The summed E-state index contributed by atoms with van der Waals surface area (Å²) in [5.41, 5.74) is 0.807. The zero-order valence-corrected chi connectivity index (χ0v) is 20.0. The fourth-order valence-corrected chi connectivity index (χ4v) is 4.18. The lowest BCUT2D eigenvalue weighted by Gasteiger charge is -2.15. The second-order valence-electron chi connectivity index (χ2n) is 7.84. The number of nitrogens with one attached hydrogen (secondary N) is 1. The van der Waals surface area contributed by atoms with E-state index in [1.807, 2.05) is 6.07 Å². The Bertz CT molecular complexity index is 1510. The molecule has 1 N–H and O–H groups in total. The summed E-state index contributed by atoms with van der Waals surface area (Å²) in [6, 6.07) is 19.1. The van der Waals surface area contributed by atoms with E-state index in [0.29, 0.717) is 33.0 Å². The van der Waals surface area contributed by atoms with Crippen LogP contribution < -0.4 is 26.0 Å². The zero-order valence-electron chi connectivity index (χ0n) is 19.3. The van der Waals surface area contributed by atoms with E-state index in [4.69, 9.17) is 21.1 Å². The predicted molar refractivity (Wildman–Crippen MR) is 134 cm³/mol. The van der Waals surface area contributed by atoms with E-state index in [2.05, 4.69) is 5.32 Å². The van der Waals surface area contributed by atoms with Gasteiger partial charge in [-0.15, -0.1) is 0 Å². The van der Waals surface area contributed by atoms with Gasteiger partial charge in [-0.1, -0.05) is 48.0 Å². The number of para-hydroxylation sites is 2. The van der Waals surface area contributed by atoms with Gasteiger partial charge in [0.2, 0.25) is 5.91 Å². The molecule has 0 aliphatic rings. The number of methoxy groups -OCH3 is 2. The Kier molecular flexibility index (Phi) is 7.22. The maximum absolute atomic E-state index is 13.4. The van der Waals surface area contributed by atoms with Crippen LogP contribution in [0, 0.1) is 0 Å². The Labute approximate surface area is 206 Å². The quantitative estimate of drug-likeness (QED) is 0.407. The second kappa shape index (κ2) is 10.5. The molecule has 0 unspecified atom stereocenters. The molecule has 0 aliphatic heterocycles. The lowest BCUT2D eigenvalue weighted by Crippen LogP contribution is -2.42. The van der Waals surface area contributed by atoms with Gasteiger partial charge in [0.1, 0.15) is 6.54 Å². The van der Waals surface area contributed by atoms with E-state index in [0.717, 1.165) is 10.1 Å². The molecule has 0 atom stereocenters. The Morgan fingerprint density at radius 3 is 2.46 bits per heavy atom. The Hall–Kier alpha value is -4.04. The molecule has 0 aliphatic carbocycles. The van der Waals surface area contributed by atoms with Crippen LogP contribution in [-0.2, 0) is 24.4 Å². The number of halogens is 1. The van der Waals surface area contributed by atoms with E-state index in [1.165, 1.54) is 18.8 Å². The van der Waals surface area contributed by atoms with Crippen molar-refractivity contribution in [3.05, 3.63) is 104 Å². The molecule has 35 heavy (non-hydrogen) atoms. The third-order valence-electron chi connectivity index (χ3n) is 5.62. The maximum atomic E-state index is 13.4. The van der Waals surface area contributed by atoms with Crippen molar-refractivity contribution < 1.29 is 14.3 Å². The van der Waals surface area contributed by atoms with Crippen LogP contribution in [0.2, 0.25) is 5.02 Å². The van der Waals surface area contributed by atoms with Gasteiger partial charge in [0.15, 0.2) is 11.5 Å². The first-order valence-electron chi connectivity index (χ1n) is 10.9. The Morgan fingerprint density at radius 1 is 0.943 bits per heavy atom. The Balaban J connectivity index is 1.66. The number of fused-ring (bicyclic) bond motifs is 1. The van der Waals surface area contributed by atoms with Gasteiger partial charge in [-0.3, -0.25) is 18.7 Å². The molecule has 0 radical (unpaired) electrons. The standard InChI is InChI=1S/C26H24ClN3O5/c1-34-22-12-6-8-18(24(22)35-2)14-28-23(31)16-29-21-11-4-3-10-20(21)25(32)30(26(29)33)15-17-7-5-9-19(27)13-17/h3-13H,14-16H2,1-2H3,(H,28,31). The van der Waals surface area contributed by atoms with Crippen LogP contribution in [0.3, 0.4) is 0 Å². The molecule has 0 spiro atoms. The van der Waals surface area contributed by atoms with Gasteiger partial charge < -0.3 is 14.8 Å². The summed E-state index contributed by atoms with van der Waals surface area (Å²) in [6.45, 7) is -0.0544. The van der Waals surface area contributed by atoms with E-state index in [9.17, 15) is 14.4 Å². The van der Waals surface area contributed by atoms with Crippen molar-refractivity contribution in [3.8, 4) is 11.5 Å². The first kappa shape index (κ1) is 24.1. The molecule has 1 heterocycles. The van der Waals surface area contributed by atoms with Crippen LogP contribution in [0.5, 0.6) is 11.5 Å². The van der Waals surface area contributed by atoms with Crippen molar-refractivity contribution in [2.75, 3.05) is 14.2 Å². The Morgan fingerprint density at radius 2 is 1.71 bits per heavy atom. The summed E-state index contributed by atoms with van der Waals surface area (Å²) >= 11 is 6.07. The highest BCUT2D eigenvalue weighted by atomic mass is 35.5. The smallest absolute Gasteiger partial charge is 0.332 e. The number of nitrogens with zero attached hydrogens (tertiary/aromatic N) is 2. The van der Waals surface area contributed by atoms with E-state index in [-0.39, 0.29) is 19.6 Å². The van der Waals surface area contributed by atoms with Gasteiger partial charge >= 0.3 is 5.69 Å². The SMILES string of the molecule is COc1cccc(CNC(=O)Cn2c(=O)n(Cc3cccc(Cl)c3)c(=O)c3ccccc32)c1OC. The van der Waals surface area contributed by atoms with Gasteiger partial charge in [-0.25, -0.2) is 4.79 Å². The number of hydrogen-bond acceptors (Lipinski definition) is 5. The summed E-state index contributed by atoms with van der Waals surface area (Å²) in [4.78, 5) is 39.4. The van der Waals surface area contributed by atoms with Crippen molar-refractivity contribution in [3.63, 3.8) is 0 Å². The fraction of sp³-hybridized carbons (Fsp3) is 0.192. The maximum Gasteiger partial charge on any atom is 0.332 e. The summed E-state index contributed by atoms with van der Waals surface area (Å²) in [6.07, 6.45) is 0. The van der Waals surface area contributed by atoms with Gasteiger partial charge in [-0.2, -0.15) is 0 Å². The molecule has 0 fully saturated rings. The van der Waals surface area contributed by atoms with Crippen LogP contribution in [0.4, 0.5) is 0 Å². The number of carbonyl (C=O) groups is 1. The predicted octanol–water partition coefficient (Wildman–Crippen LogP) is 3.20. The normalized spacial score (nSPS) is 10.8. The van der Waals surface area contributed by atoms with Crippen LogP contribution in [0.15, 0.2) is 76.3 Å². The van der Waals surface area contributed by atoms with E-state index >= 15 is 0 Å². The molecule has 3 aromatic carbocycles. The van der Waals surface area contributed by atoms with Crippen molar-refractivity contribution in [2.24, 2.45) is 0 Å². The van der Waals surface area contributed by atoms with Gasteiger partial charge in [-0.05, 0) is 35.9 Å². The lowest BCUT2D eigenvalue weighted by atomic mass is 10.2. The monoisotopic (exact) mass is 493 g/mol. The molecule has 0 saturated heterocycles. The molecular formula is C26H24ClN3O5. The van der Waals surface area contributed by atoms with Gasteiger partial charge in [0.05, 0.1) is 31.7 Å². The van der Waals surface area contributed by atoms with Crippen molar-refractivity contribution in [1.82, 2.24) is 14.5 Å². The molecule has 1 amide bonds. The molecular weight excluding hydrogens is 470 g/mol. The van der Waals surface area contributed by atoms with Crippen molar-refractivity contribution >= 4 is 28.4 Å². The minimum atomic E-state index is -0.581. The molecule has 4 aromatic rings. The summed E-state index contributed by atoms with van der Waals surface area (Å²) in [5.74, 6) is 0.678. The third kappa shape index (κ3) is 5.07. The number of benzene rings is 3. The molecule has 0 bridgehead atoms.